The number of carbonyl (C=O) groups excluding carboxylic acids is 1. The summed E-state index contributed by atoms with van der Waals surface area (Å²) in [6.45, 7) is 0.236. The molecule has 0 atom stereocenters. The molecule has 0 bridgehead atoms. The van der Waals surface area contributed by atoms with Gasteiger partial charge in [0.1, 0.15) is 0 Å². The minimum absolute atomic E-state index is 0.116. The standard InChI is InChI=1S/C13H18N2O4/c1-15(8-13(19)4-2-3-5-13)12(18)9-6-10(16)14-11(17)7-9/h6-7,19H,2-5,8H2,1H3,(H2,14,16,17). The fraction of sp³-hybridized carbons (Fsp3) is 0.538. The molecule has 0 unspecified atom stereocenters. The second kappa shape index (κ2) is 5.05. The van der Waals surface area contributed by atoms with Crippen LogP contribution in [0.5, 0.6) is 5.88 Å². The molecule has 1 aromatic rings. The highest BCUT2D eigenvalue weighted by Gasteiger charge is 2.33. The monoisotopic (exact) mass is 266 g/mol. The molecule has 0 saturated heterocycles. The fourth-order valence-corrected chi connectivity index (χ4v) is 2.58. The molecule has 1 aliphatic rings. The molecule has 1 aromatic heterocycles. The van der Waals surface area contributed by atoms with Crippen molar-refractivity contribution in [2.24, 2.45) is 0 Å². The van der Waals surface area contributed by atoms with Gasteiger partial charge in [-0.3, -0.25) is 14.6 Å². The molecule has 1 fully saturated rings. The largest absolute Gasteiger partial charge is 0.494 e. The number of aliphatic hydroxyl groups is 1. The van der Waals surface area contributed by atoms with E-state index in [-0.39, 0.29) is 23.9 Å². The first-order valence-electron chi connectivity index (χ1n) is 6.31. The molecule has 1 aliphatic carbocycles. The molecule has 1 heterocycles. The number of aromatic amines is 1. The molecule has 1 saturated carbocycles. The highest BCUT2D eigenvalue weighted by Crippen LogP contribution is 2.30. The summed E-state index contributed by atoms with van der Waals surface area (Å²) in [7, 11) is 1.58. The SMILES string of the molecule is CN(CC1(O)CCCC1)C(=O)c1cc(O)[nH]c(=O)c1. The van der Waals surface area contributed by atoms with Gasteiger partial charge in [-0.2, -0.15) is 0 Å². The fourth-order valence-electron chi connectivity index (χ4n) is 2.58. The zero-order valence-corrected chi connectivity index (χ0v) is 10.8. The van der Waals surface area contributed by atoms with Crippen molar-refractivity contribution < 1.29 is 15.0 Å². The van der Waals surface area contributed by atoms with E-state index in [0.717, 1.165) is 18.9 Å². The van der Waals surface area contributed by atoms with Gasteiger partial charge in [0.15, 0.2) is 5.88 Å². The van der Waals surface area contributed by atoms with Crippen LogP contribution in [0.3, 0.4) is 0 Å². The van der Waals surface area contributed by atoms with E-state index in [1.165, 1.54) is 11.0 Å². The Morgan fingerprint density at radius 2 is 2.05 bits per heavy atom. The first-order valence-corrected chi connectivity index (χ1v) is 6.31. The van der Waals surface area contributed by atoms with Crippen LogP contribution in [0, 0.1) is 0 Å². The van der Waals surface area contributed by atoms with E-state index in [9.17, 15) is 19.8 Å². The lowest BCUT2D eigenvalue weighted by atomic mass is 10.0. The number of H-pyrrole nitrogens is 1. The number of aromatic hydroxyl groups is 1. The zero-order valence-electron chi connectivity index (χ0n) is 10.8. The van der Waals surface area contributed by atoms with Crippen LogP contribution in [0.1, 0.15) is 36.0 Å². The van der Waals surface area contributed by atoms with E-state index in [1.54, 1.807) is 7.05 Å². The second-order valence-corrected chi connectivity index (χ2v) is 5.21. The Bertz CT molecular complexity index is 532. The van der Waals surface area contributed by atoms with Gasteiger partial charge in [0.25, 0.3) is 11.5 Å². The van der Waals surface area contributed by atoms with Crippen LogP contribution in [0.15, 0.2) is 16.9 Å². The lowest BCUT2D eigenvalue weighted by Crippen LogP contribution is -2.42. The number of carbonyl (C=O) groups is 1. The molecular weight excluding hydrogens is 248 g/mol. The van der Waals surface area contributed by atoms with Crippen molar-refractivity contribution in [3.63, 3.8) is 0 Å². The van der Waals surface area contributed by atoms with Crippen molar-refractivity contribution in [2.45, 2.75) is 31.3 Å². The van der Waals surface area contributed by atoms with Gasteiger partial charge in [-0.05, 0) is 12.8 Å². The van der Waals surface area contributed by atoms with Crippen molar-refractivity contribution in [2.75, 3.05) is 13.6 Å². The van der Waals surface area contributed by atoms with Crippen molar-refractivity contribution in [1.29, 1.82) is 0 Å². The highest BCUT2D eigenvalue weighted by molar-refractivity contribution is 5.94. The van der Waals surface area contributed by atoms with Gasteiger partial charge in [-0.15, -0.1) is 0 Å². The number of nitrogens with one attached hydrogen (secondary N) is 1. The molecular formula is C13H18N2O4. The van der Waals surface area contributed by atoms with Gasteiger partial charge >= 0.3 is 0 Å². The molecule has 19 heavy (non-hydrogen) atoms. The number of nitrogens with zero attached hydrogens (tertiary/aromatic N) is 1. The predicted octanol–water partition coefficient (Wildman–Crippen LogP) is 0.458. The van der Waals surface area contributed by atoms with Gasteiger partial charge in [0.2, 0.25) is 0 Å². The Kier molecular flexibility index (Phi) is 3.61. The molecule has 0 aromatic carbocycles. The Morgan fingerprint density at radius 3 is 2.63 bits per heavy atom. The molecule has 6 heteroatoms. The molecule has 0 radical (unpaired) electrons. The van der Waals surface area contributed by atoms with Gasteiger partial charge in [0.05, 0.1) is 11.2 Å². The normalized spacial score (nSPS) is 17.4. The van der Waals surface area contributed by atoms with Gasteiger partial charge in [-0.1, -0.05) is 12.8 Å². The smallest absolute Gasteiger partial charge is 0.254 e. The van der Waals surface area contributed by atoms with E-state index in [2.05, 4.69) is 4.98 Å². The maximum absolute atomic E-state index is 12.1. The number of likely N-dealkylation sites (N-methyl/N-ethyl adjacent to an activating group) is 1. The van der Waals surface area contributed by atoms with Crippen LogP contribution in [0.25, 0.3) is 0 Å². The van der Waals surface area contributed by atoms with Crippen LogP contribution in [0.2, 0.25) is 0 Å². The van der Waals surface area contributed by atoms with Crippen LogP contribution in [-0.4, -0.2) is 45.2 Å². The minimum Gasteiger partial charge on any atom is -0.494 e. The van der Waals surface area contributed by atoms with Crippen molar-refractivity contribution in [1.82, 2.24) is 9.88 Å². The number of hydrogen-bond donors (Lipinski definition) is 3. The van der Waals surface area contributed by atoms with Crippen molar-refractivity contribution in [3.05, 3.63) is 28.0 Å². The van der Waals surface area contributed by atoms with E-state index < -0.39 is 11.2 Å². The maximum atomic E-state index is 12.1. The second-order valence-electron chi connectivity index (χ2n) is 5.21. The summed E-state index contributed by atoms with van der Waals surface area (Å²) in [5, 5.41) is 19.5. The predicted molar refractivity (Wildman–Crippen MR) is 69.1 cm³/mol. The summed E-state index contributed by atoms with van der Waals surface area (Å²) >= 11 is 0. The topological polar surface area (TPSA) is 93.6 Å². The number of rotatable bonds is 3. The van der Waals surface area contributed by atoms with Crippen LogP contribution in [0.4, 0.5) is 0 Å². The summed E-state index contributed by atoms with van der Waals surface area (Å²) in [6, 6.07) is 2.34. The molecule has 1 amide bonds. The van der Waals surface area contributed by atoms with Crippen LogP contribution >= 0.6 is 0 Å². The molecule has 3 N–H and O–H groups in total. The molecule has 0 spiro atoms. The summed E-state index contributed by atoms with van der Waals surface area (Å²) in [5.74, 6) is -0.731. The molecule has 104 valence electrons. The lowest BCUT2D eigenvalue weighted by molar-refractivity contribution is 0.0156. The summed E-state index contributed by atoms with van der Waals surface area (Å²) < 4.78 is 0. The summed E-state index contributed by atoms with van der Waals surface area (Å²) in [5.41, 5.74) is -1.24. The Hall–Kier alpha value is -1.82. The number of amides is 1. The molecule has 6 nitrogen and oxygen atoms in total. The first kappa shape index (κ1) is 13.6. The molecule has 2 rings (SSSR count). The van der Waals surface area contributed by atoms with Crippen molar-refractivity contribution in [3.8, 4) is 5.88 Å². The van der Waals surface area contributed by atoms with Gasteiger partial charge < -0.3 is 15.1 Å². The van der Waals surface area contributed by atoms with E-state index in [0.29, 0.717) is 12.8 Å². The number of aromatic nitrogens is 1. The average molecular weight is 266 g/mol. The summed E-state index contributed by atoms with van der Waals surface area (Å²) in [6.07, 6.45) is 3.30. The quantitative estimate of drug-likeness (QED) is 0.740. The third-order valence-corrected chi connectivity index (χ3v) is 3.49. The Labute approximate surface area is 110 Å². The van der Waals surface area contributed by atoms with Gasteiger partial charge in [-0.25, -0.2) is 0 Å². The van der Waals surface area contributed by atoms with E-state index in [4.69, 9.17) is 0 Å². The number of pyridine rings is 1. The third-order valence-electron chi connectivity index (χ3n) is 3.49. The van der Waals surface area contributed by atoms with Gasteiger partial charge in [0, 0.05) is 25.7 Å². The first-order chi connectivity index (χ1) is 8.89. The minimum atomic E-state index is -0.826. The zero-order chi connectivity index (χ0) is 14.0. The average Bonchev–Trinajstić information content (AvgIpc) is 2.73. The summed E-state index contributed by atoms with van der Waals surface area (Å²) in [4.78, 5) is 26.9. The van der Waals surface area contributed by atoms with Crippen LogP contribution in [-0.2, 0) is 0 Å². The molecule has 0 aliphatic heterocycles. The third kappa shape index (κ3) is 3.14. The Morgan fingerprint density at radius 1 is 1.42 bits per heavy atom. The van der Waals surface area contributed by atoms with Crippen molar-refractivity contribution >= 4 is 5.91 Å². The number of hydrogen-bond acceptors (Lipinski definition) is 4. The lowest BCUT2D eigenvalue weighted by Gasteiger charge is -2.28. The Balaban J connectivity index is 2.12. The van der Waals surface area contributed by atoms with E-state index >= 15 is 0 Å². The van der Waals surface area contributed by atoms with Crippen LogP contribution < -0.4 is 5.56 Å². The maximum Gasteiger partial charge on any atom is 0.254 e. The highest BCUT2D eigenvalue weighted by atomic mass is 16.3. The van der Waals surface area contributed by atoms with E-state index in [1.807, 2.05) is 0 Å².